The fraction of sp³-hybridized carbons (Fsp3) is 0.429. The fourth-order valence-corrected chi connectivity index (χ4v) is 2.11. The predicted octanol–water partition coefficient (Wildman–Crippen LogP) is 1.47. The van der Waals surface area contributed by atoms with Crippen LogP contribution in [0.5, 0.6) is 0 Å². The van der Waals surface area contributed by atoms with E-state index < -0.39 is 0 Å². The molecule has 1 aliphatic heterocycles. The lowest BCUT2D eigenvalue weighted by Gasteiger charge is -2.34. The van der Waals surface area contributed by atoms with Crippen molar-refractivity contribution in [3.8, 4) is 0 Å². The maximum atomic E-state index is 11.1. The summed E-state index contributed by atoms with van der Waals surface area (Å²) in [6.45, 7) is 10.00. The molecule has 1 heterocycles. The van der Waals surface area contributed by atoms with Gasteiger partial charge in [-0.05, 0) is 12.5 Å². The standard InChI is InChI=1S/C14H19N2O/c1-12-3-5-14(6-4-12)11-15-7-9-16(10-8-15)13(2)17/h3-6H,2,7-11H2,1H3. The quantitative estimate of drug-likeness (QED) is 0.769. The van der Waals surface area contributed by atoms with Crippen LogP contribution in [0.15, 0.2) is 24.3 Å². The minimum absolute atomic E-state index is 0.0556. The van der Waals surface area contributed by atoms with Crippen molar-refractivity contribution in [1.82, 2.24) is 9.80 Å². The van der Waals surface area contributed by atoms with Crippen LogP contribution in [-0.4, -0.2) is 41.9 Å². The Labute approximate surface area is 103 Å². The number of nitrogens with zero attached hydrogens (tertiary/aromatic N) is 2. The van der Waals surface area contributed by atoms with Gasteiger partial charge in [0.15, 0.2) is 0 Å². The Morgan fingerprint density at radius 1 is 1.18 bits per heavy atom. The number of hydrogen-bond donors (Lipinski definition) is 0. The number of carbonyl (C=O) groups excluding carboxylic acids is 1. The summed E-state index contributed by atoms with van der Waals surface area (Å²) in [4.78, 5) is 15.3. The van der Waals surface area contributed by atoms with Gasteiger partial charge in [0.2, 0.25) is 5.91 Å². The third-order valence-corrected chi connectivity index (χ3v) is 3.25. The van der Waals surface area contributed by atoms with Gasteiger partial charge in [-0.2, -0.15) is 0 Å². The highest BCUT2D eigenvalue weighted by Gasteiger charge is 2.18. The topological polar surface area (TPSA) is 23.6 Å². The molecule has 0 bridgehead atoms. The van der Waals surface area contributed by atoms with Gasteiger partial charge >= 0.3 is 0 Å². The lowest BCUT2D eigenvalue weighted by molar-refractivity contribution is -0.128. The molecule has 17 heavy (non-hydrogen) atoms. The molecule has 1 aromatic rings. The monoisotopic (exact) mass is 231 g/mol. The third-order valence-electron chi connectivity index (χ3n) is 3.25. The van der Waals surface area contributed by atoms with E-state index in [2.05, 4.69) is 43.0 Å². The fourth-order valence-electron chi connectivity index (χ4n) is 2.11. The highest BCUT2D eigenvalue weighted by molar-refractivity contribution is 5.80. The van der Waals surface area contributed by atoms with Crippen LogP contribution in [-0.2, 0) is 11.3 Å². The Hall–Kier alpha value is -1.35. The van der Waals surface area contributed by atoms with E-state index in [1.165, 1.54) is 11.1 Å². The Bertz CT molecular complexity index is 378. The Morgan fingerprint density at radius 2 is 1.76 bits per heavy atom. The molecular formula is C14H19N2O. The molecule has 1 aliphatic rings. The molecule has 3 heteroatoms. The number of benzene rings is 1. The smallest absolute Gasteiger partial charge is 0.223 e. The molecule has 0 saturated carbocycles. The Balaban J connectivity index is 1.85. The van der Waals surface area contributed by atoms with Gasteiger partial charge < -0.3 is 4.90 Å². The second-order valence-corrected chi connectivity index (χ2v) is 4.64. The first kappa shape index (κ1) is 12.1. The van der Waals surface area contributed by atoms with Crippen molar-refractivity contribution in [2.75, 3.05) is 26.2 Å². The molecule has 1 amide bonds. The Morgan fingerprint density at radius 3 is 2.29 bits per heavy atom. The summed E-state index contributed by atoms with van der Waals surface area (Å²) >= 11 is 0. The van der Waals surface area contributed by atoms with Crippen molar-refractivity contribution in [2.45, 2.75) is 13.5 Å². The van der Waals surface area contributed by atoms with E-state index in [0.717, 1.165) is 32.7 Å². The van der Waals surface area contributed by atoms with Crippen LogP contribution in [0.2, 0.25) is 0 Å². The summed E-state index contributed by atoms with van der Waals surface area (Å²) < 4.78 is 0. The van der Waals surface area contributed by atoms with Crippen molar-refractivity contribution in [3.63, 3.8) is 0 Å². The predicted molar refractivity (Wildman–Crippen MR) is 68.4 cm³/mol. The van der Waals surface area contributed by atoms with Gasteiger partial charge in [0.25, 0.3) is 0 Å². The van der Waals surface area contributed by atoms with Crippen LogP contribution < -0.4 is 0 Å². The van der Waals surface area contributed by atoms with Crippen molar-refractivity contribution < 1.29 is 4.79 Å². The summed E-state index contributed by atoms with van der Waals surface area (Å²) in [6.07, 6.45) is 0. The molecule has 1 saturated heterocycles. The molecule has 2 rings (SSSR count). The van der Waals surface area contributed by atoms with E-state index in [9.17, 15) is 4.79 Å². The van der Waals surface area contributed by atoms with Gasteiger partial charge in [0, 0.05) is 39.6 Å². The van der Waals surface area contributed by atoms with Gasteiger partial charge in [0.05, 0.1) is 0 Å². The highest BCUT2D eigenvalue weighted by Crippen LogP contribution is 2.09. The van der Waals surface area contributed by atoms with Gasteiger partial charge in [-0.3, -0.25) is 9.69 Å². The summed E-state index contributed by atoms with van der Waals surface area (Å²) in [5.41, 5.74) is 2.63. The molecule has 0 N–H and O–H groups in total. The van der Waals surface area contributed by atoms with Crippen molar-refractivity contribution >= 4 is 5.91 Å². The lowest BCUT2D eigenvalue weighted by atomic mass is 10.1. The van der Waals surface area contributed by atoms with Gasteiger partial charge in [0.1, 0.15) is 0 Å². The molecular weight excluding hydrogens is 212 g/mol. The number of aryl methyl sites for hydroxylation is 1. The van der Waals surface area contributed by atoms with E-state index in [0.29, 0.717) is 0 Å². The van der Waals surface area contributed by atoms with Crippen molar-refractivity contribution in [2.24, 2.45) is 0 Å². The van der Waals surface area contributed by atoms with E-state index in [1.54, 1.807) is 0 Å². The van der Waals surface area contributed by atoms with Crippen LogP contribution in [0.25, 0.3) is 0 Å². The number of piperazine rings is 1. The zero-order chi connectivity index (χ0) is 12.3. The lowest BCUT2D eigenvalue weighted by Crippen LogP contribution is -2.47. The molecule has 91 valence electrons. The summed E-state index contributed by atoms with van der Waals surface area (Å²) in [7, 11) is 0. The first-order chi connectivity index (χ1) is 8.15. The van der Waals surface area contributed by atoms with Crippen LogP contribution in [0.3, 0.4) is 0 Å². The minimum atomic E-state index is -0.0556. The number of amides is 1. The molecule has 0 atom stereocenters. The normalized spacial score (nSPS) is 17.2. The molecule has 0 spiro atoms. The van der Waals surface area contributed by atoms with Crippen molar-refractivity contribution in [3.05, 3.63) is 42.3 Å². The van der Waals surface area contributed by atoms with E-state index >= 15 is 0 Å². The first-order valence-corrected chi connectivity index (χ1v) is 6.04. The largest absolute Gasteiger partial charge is 0.340 e. The maximum absolute atomic E-state index is 11.1. The summed E-state index contributed by atoms with van der Waals surface area (Å²) in [5, 5.41) is 0. The molecule has 1 radical (unpaired) electrons. The second-order valence-electron chi connectivity index (χ2n) is 4.64. The second kappa shape index (κ2) is 5.32. The van der Waals surface area contributed by atoms with Crippen LogP contribution in [0.4, 0.5) is 0 Å². The molecule has 3 nitrogen and oxygen atoms in total. The van der Waals surface area contributed by atoms with Gasteiger partial charge in [-0.25, -0.2) is 0 Å². The molecule has 0 unspecified atom stereocenters. The van der Waals surface area contributed by atoms with Crippen LogP contribution >= 0.6 is 0 Å². The molecule has 0 aromatic heterocycles. The van der Waals surface area contributed by atoms with E-state index in [1.807, 2.05) is 4.90 Å². The number of carbonyl (C=O) groups is 1. The first-order valence-electron chi connectivity index (χ1n) is 6.04. The Kier molecular flexibility index (Phi) is 3.79. The van der Waals surface area contributed by atoms with E-state index in [-0.39, 0.29) is 5.91 Å². The third kappa shape index (κ3) is 3.30. The minimum Gasteiger partial charge on any atom is -0.340 e. The van der Waals surface area contributed by atoms with Crippen LogP contribution in [0, 0.1) is 13.8 Å². The average Bonchev–Trinajstić information content (AvgIpc) is 2.33. The summed E-state index contributed by atoms with van der Waals surface area (Å²) in [6, 6.07) is 8.64. The molecule has 1 fully saturated rings. The van der Waals surface area contributed by atoms with E-state index in [4.69, 9.17) is 0 Å². The molecule has 1 aromatic carbocycles. The van der Waals surface area contributed by atoms with Gasteiger partial charge in [-0.1, -0.05) is 29.8 Å². The number of hydrogen-bond acceptors (Lipinski definition) is 2. The average molecular weight is 231 g/mol. The maximum Gasteiger partial charge on any atom is 0.223 e. The SMILES string of the molecule is [CH2]C(=O)N1CCN(Cc2ccc(C)cc2)CC1. The molecule has 0 aliphatic carbocycles. The zero-order valence-electron chi connectivity index (χ0n) is 10.4. The van der Waals surface area contributed by atoms with Crippen LogP contribution in [0.1, 0.15) is 11.1 Å². The van der Waals surface area contributed by atoms with Gasteiger partial charge in [-0.15, -0.1) is 0 Å². The summed E-state index contributed by atoms with van der Waals surface area (Å²) in [5.74, 6) is -0.0556. The van der Waals surface area contributed by atoms with Crippen molar-refractivity contribution in [1.29, 1.82) is 0 Å². The number of rotatable bonds is 2. The zero-order valence-corrected chi connectivity index (χ0v) is 10.4. The highest BCUT2D eigenvalue weighted by atomic mass is 16.2.